The molecule has 0 atom stereocenters. The number of aromatic nitrogens is 2. The van der Waals surface area contributed by atoms with Crippen LogP contribution >= 0.6 is 0 Å². The van der Waals surface area contributed by atoms with E-state index in [1.54, 1.807) is 6.08 Å². The standard InChI is InChI=1S/C21H17N3O3/c1-13-16(15-9-5-6-10-18(15)22-13)11-17-19(25)23-21(27)24(20(17)26)12-14-7-3-2-4-8-14/h2-11,26H,12H2,1H3,(H,23,25,27). The predicted molar refractivity (Wildman–Crippen MR) is 106 cm³/mol. The second kappa shape index (κ2) is 6.57. The number of fused-ring (bicyclic) bond motifs is 1. The van der Waals surface area contributed by atoms with Crippen LogP contribution in [0.3, 0.4) is 0 Å². The van der Waals surface area contributed by atoms with Crippen LogP contribution in [-0.2, 0) is 6.54 Å². The van der Waals surface area contributed by atoms with E-state index in [0.717, 1.165) is 32.7 Å². The second-order valence-corrected chi connectivity index (χ2v) is 6.34. The van der Waals surface area contributed by atoms with Gasteiger partial charge in [0.25, 0.3) is 5.56 Å². The fourth-order valence-electron chi connectivity index (χ4n) is 3.18. The second-order valence-electron chi connectivity index (χ2n) is 6.34. The molecule has 2 heterocycles. The Morgan fingerprint density at radius 3 is 2.56 bits per heavy atom. The lowest BCUT2D eigenvalue weighted by Gasteiger charge is -2.10. The minimum atomic E-state index is -0.652. The molecule has 0 saturated carbocycles. The van der Waals surface area contributed by atoms with Crippen molar-refractivity contribution < 1.29 is 5.11 Å². The Labute approximate surface area is 154 Å². The first kappa shape index (κ1) is 16.8. The largest absolute Gasteiger partial charge is 0.494 e. The fraction of sp³-hybridized carbons (Fsp3) is 0.0952. The molecule has 0 saturated heterocycles. The van der Waals surface area contributed by atoms with Crippen LogP contribution in [0.15, 0.2) is 69.2 Å². The van der Waals surface area contributed by atoms with Crippen LogP contribution in [0.5, 0.6) is 5.88 Å². The minimum Gasteiger partial charge on any atom is -0.494 e. The molecule has 1 aliphatic rings. The van der Waals surface area contributed by atoms with Crippen molar-refractivity contribution in [1.82, 2.24) is 9.55 Å². The van der Waals surface area contributed by atoms with E-state index in [-0.39, 0.29) is 18.0 Å². The normalized spacial score (nSPS) is 14.3. The number of H-pyrrole nitrogens is 1. The summed E-state index contributed by atoms with van der Waals surface area (Å²) in [5.41, 5.74) is 2.78. The Balaban J connectivity index is 1.85. The van der Waals surface area contributed by atoms with Gasteiger partial charge >= 0.3 is 5.69 Å². The number of allylic oxidation sites excluding steroid dienone is 1. The van der Waals surface area contributed by atoms with E-state index in [0.29, 0.717) is 0 Å². The van der Waals surface area contributed by atoms with Crippen molar-refractivity contribution in [2.24, 2.45) is 4.99 Å². The maximum Gasteiger partial charge on any atom is 0.331 e. The monoisotopic (exact) mass is 359 g/mol. The van der Waals surface area contributed by atoms with Gasteiger partial charge in [-0.05, 0) is 24.6 Å². The molecule has 0 aliphatic carbocycles. The van der Waals surface area contributed by atoms with Gasteiger partial charge in [0.1, 0.15) is 5.56 Å². The summed E-state index contributed by atoms with van der Waals surface area (Å²) in [6.07, 6.45) is 1.58. The summed E-state index contributed by atoms with van der Waals surface area (Å²) in [5, 5.41) is 10.7. The van der Waals surface area contributed by atoms with Crippen molar-refractivity contribution in [3.05, 3.63) is 92.1 Å². The molecular formula is C21H17N3O3. The molecule has 0 spiro atoms. The zero-order chi connectivity index (χ0) is 19.0. The van der Waals surface area contributed by atoms with Gasteiger partial charge < -0.3 is 5.11 Å². The molecule has 0 unspecified atom stereocenters. The number of benzene rings is 2. The minimum absolute atomic E-state index is 0.0341. The summed E-state index contributed by atoms with van der Waals surface area (Å²) in [6, 6.07) is 16.8. The highest BCUT2D eigenvalue weighted by Gasteiger charge is 2.20. The molecule has 2 N–H and O–H groups in total. The average Bonchev–Trinajstić information content (AvgIpc) is 2.98. The van der Waals surface area contributed by atoms with Crippen LogP contribution in [0.2, 0.25) is 0 Å². The molecule has 0 radical (unpaired) electrons. The smallest absolute Gasteiger partial charge is 0.331 e. The van der Waals surface area contributed by atoms with Crippen molar-refractivity contribution in [1.29, 1.82) is 0 Å². The lowest BCUT2D eigenvalue weighted by atomic mass is 10.0. The molecule has 1 aliphatic heterocycles. The summed E-state index contributed by atoms with van der Waals surface area (Å²) < 4.78 is 1.15. The maximum absolute atomic E-state index is 12.4. The topological polar surface area (TPSA) is 87.4 Å². The van der Waals surface area contributed by atoms with E-state index in [9.17, 15) is 14.7 Å². The highest BCUT2D eigenvalue weighted by Crippen LogP contribution is 2.35. The Morgan fingerprint density at radius 2 is 1.78 bits per heavy atom. The van der Waals surface area contributed by atoms with Gasteiger partial charge in [0, 0.05) is 16.8 Å². The van der Waals surface area contributed by atoms with Gasteiger partial charge in [-0.25, -0.2) is 4.79 Å². The van der Waals surface area contributed by atoms with Gasteiger partial charge in [0.05, 0.1) is 12.2 Å². The number of aliphatic imine (C=N–C) groups is 1. The summed E-state index contributed by atoms with van der Waals surface area (Å²) in [5.74, 6) is -0.364. The number of nitrogens with zero attached hydrogens (tertiary/aromatic N) is 2. The molecule has 2 aromatic carbocycles. The summed E-state index contributed by atoms with van der Waals surface area (Å²) >= 11 is 0. The van der Waals surface area contributed by atoms with Crippen molar-refractivity contribution in [3.8, 4) is 5.88 Å². The molecule has 6 nitrogen and oxygen atoms in total. The number of aromatic amines is 1. The van der Waals surface area contributed by atoms with E-state index in [4.69, 9.17) is 0 Å². The van der Waals surface area contributed by atoms with Gasteiger partial charge in [0.15, 0.2) is 0 Å². The van der Waals surface area contributed by atoms with Crippen molar-refractivity contribution in [2.45, 2.75) is 13.5 Å². The number of rotatable bonds is 3. The maximum atomic E-state index is 12.4. The van der Waals surface area contributed by atoms with E-state index in [1.807, 2.05) is 61.5 Å². The third-order valence-corrected chi connectivity index (χ3v) is 4.55. The summed E-state index contributed by atoms with van der Waals surface area (Å²) in [7, 11) is 0. The first-order chi connectivity index (χ1) is 13.0. The van der Waals surface area contributed by atoms with Crippen LogP contribution in [0.1, 0.15) is 23.6 Å². The molecule has 0 fully saturated rings. The quantitative estimate of drug-likeness (QED) is 0.754. The van der Waals surface area contributed by atoms with Crippen LogP contribution < -0.4 is 11.2 Å². The highest BCUT2D eigenvalue weighted by molar-refractivity contribution is 6.31. The predicted octanol–water partition coefficient (Wildman–Crippen LogP) is 2.94. The number of hydrogen-bond acceptors (Lipinski definition) is 4. The van der Waals surface area contributed by atoms with E-state index >= 15 is 0 Å². The van der Waals surface area contributed by atoms with E-state index in [2.05, 4.69) is 9.98 Å². The number of nitrogens with one attached hydrogen (secondary N) is 1. The number of hydrogen-bond donors (Lipinski definition) is 2. The molecule has 3 aromatic rings. The molecule has 4 rings (SSSR count). The number of aromatic hydroxyl groups is 1. The highest BCUT2D eigenvalue weighted by atomic mass is 16.3. The molecule has 1 aromatic heterocycles. The van der Waals surface area contributed by atoms with Gasteiger partial charge in [-0.2, -0.15) is 0 Å². The Kier molecular flexibility index (Phi) is 4.08. The molecule has 6 heteroatoms. The van der Waals surface area contributed by atoms with Gasteiger partial charge in [-0.1, -0.05) is 48.5 Å². The van der Waals surface area contributed by atoms with Gasteiger partial charge in [-0.3, -0.25) is 19.3 Å². The summed E-state index contributed by atoms with van der Waals surface area (Å²) in [4.78, 5) is 31.4. The Hall–Kier alpha value is -3.67. The van der Waals surface area contributed by atoms with Crippen LogP contribution in [0.25, 0.3) is 11.6 Å². The van der Waals surface area contributed by atoms with Crippen molar-refractivity contribution in [3.63, 3.8) is 0 Å². The first-order valence-electron chi connectivity index (χ1n) is 8.51. The first-order valence-corrected chi connectivity index (χ1v) is 8.51. The fourth-order valence-corrected chi connectivity index (χ4v) is 3.18. The molecule has 134 valence electrons. The van der Waals surface area contributed by atoms with Gasteiger partial charge in [0.2, 0.25) is 5.88 Å². The molecule has 0 bridgehead atoms. The average molecular weight is 359 g/mol. The molecule has 27 heavy (non-hydrogen) atoms. The Morgan fingerprint density at radius 1 is 1.07 bits per heavy atom. The summed E-state index contributed by atoms with van der Waals surface area (Å²) in [6.45, 7) is 2.00. The molecule has 0 amide bonds. The van der Waals surface area contributed by atoms with Crippen molar-refractivity contribution >= 4 is 23.0 Å². The van der Waals surface area contributed by atoms with Gasteiger partial charge in [-0.15, -0.1) is 0 Å². The van der Waals surface area contributed by atoms with Crippen LogP contribution in [-0.4, -0.2) is 20.4 Å². The van der Waals surface area contributed by atoms with E-state index in [1.165, 1.54) is 0 Å². The van der Waals surface area contributed by atoms with Crippen LogP contribution in [0.4, 0.5) is 5.69 Å². The van der Waals surface area contributed by atoms with E-state index < -0.39 is 11.2 Å². The van der Waals surface area contributed by atoms with Crippen molar-refractivity contribution in [2.75, 3.05) is 0 Å². The number of para-hydroxylation sites is 1. The van der Waals surface area contributed by atoms with Crippen LogP contribution in [0, 0.1) is 0 Å². The lowest BCUT2D eigenvalue weighted by molar-refractivity contribution is 0.408. The zero-order valence-corrected chi connectivity index (χ0v) is 14.6. The Bertz CT molecular complexity index is 1200. The SMILES string of the molecule is CC1=Nc2ccccc2C1=Cc1c(O)n(Cc2ccccc2)c(=O)[nH]c1=O. The lowest BCUT2D eigenvalue weighted by Crippen LogP contribution is -2.31. The zero-order valence-electron chi connectivity index (χ0n) is 14.6. The third-order valence-electron chi connectivity index (χ3n) is 4.55. The molecular weight excluding hydrogens is 342 g/mol. The third kappa shape index (κ3) is 3.01.